The molecular formula is C25H33BrN2O3. The predicted molar refractivity (Wildman–Crippen MR) is 126 cm³/mol. The van der Waals surface area contributed by atoms with Crippen LogP contribution in [0.5, 0.6) is 0 Å². The lowest BCUT2D eigenvalue weighted by Crippen LogP contribution is -2.42. The molecule has 31 heavy (non-hydrogen) atoms. The largest absolute Gasteiger partial charge is 0.469 e. The molecule has 0 bridgehead atoms. The van der Waals surface area contributed by atoms with Gasteiger partial charge in [0.05, 0.1) is 30.5 Å². The van der Waals surface area contributed by atoms with E-state index in [-0.39, 0.29) is 23.8 Å². The van der Waals surface area contributed by atoms with Crippen molar-refractivity contribution in [1.82, 2.24) is 4.90 Å². The van der Waals surface area contributed by atoms with E-state index >= 15 is 0 Å². The molecule has 1 amide bonds. The average Bonchev–Trinajstić information content (AvgIpc) is 3.47. The van der Waals surface area contributed by atoms with Gasteiger partial charge in [-0.1, -0.05) is 26.7 Å². The van der Waals surface area contributed by atoms with Crippen molar-refractivity contribution in [2.45, 2.75) is 76.4 Å². The number of halogens is 1. The minimum Gasteiger partial charge on any atom is -0.469 e. The van der Waals surface area contributed by atoms with Gasteiger partial charge in [0.15, 0.2) is 0 Å². The highest BCUT2D eigenvalue weighted by Gasteiger charge is 2.52. The molecule has 1 aromatic heterocycles. The molecule has 2 atom stereocenters. The Morgan fingerprint density at radius 3 is 2.58 bits per heavy atom. The molecule has 2 heterocycles. The van der Waals surface area contributed by atoms with Crippen molar-refractivity contribution >= 4 is 27.5 Å². The van der Waals surface area contributed by atoms with Crippen LogP contribution in [0.15, 0.2) is 39.4 Å². The number of fused-ring (bicyclic) bond motifs is 1. The van der Waals surface area contributed by atoms with Gasteiger partial charge in [-0.3, -0.25) is 9.69 Å². The van der Waals surface area contributed by atoms with Crippen LogP contribution in [0, 0.1) is 0 Å². The summed E-state index contributed by atoms with van der Waals surface area (Å²) in [5.74, 6) is 0.533. The zero-order valence-corrected chi connectivity index (χ0v) is 20.1. The maximum atomic E-state index is 12.6. The van der Waals surface area contributed by atoms with E-state index in [1.54, 1.807) is 18.4 Å². The number of aliphatic hydroxyl groups is 1. The van der Waals surface area contributed by atoms with Crippen LogP contribution < -0.4 is 5.32 Å². The SMILES string of the molecule is CCCC1(CCC)c2cc(Br)c(NC(=O)Cc3ccco3)cc2C(N2CCCC2)C1O. The first-order valence-corrected chi connectivity index (χ1v) is 12.4. The number of hydrogen-bond acceptors (Lipinski definition) is 4. The third kappa shape index (κ3) is 4.22. The number of anilines is 1. The second kappa shape index (κ2) is 9.47. The third-order valence-corrected chi connectivity index (χ3v) is 7.63. The zero-order chi connectivity index (χ0) is 22.0. The summed E-state index contributed by atoms with van der Waals surface area (Å²) in [6.07, 6.45) is 7.70. The second-order valence-electron chi connectivity index (χ2n) is 9.01. The molecule has 2 aliphatic rings. The van der Waals surface area contributed by atoms with Crippen LogP contribution in [0.3, 0.4) is 0 Å². The monoisotopic (exact) mass is 488 g/mol. The quantitative estimate of drug-likeness (QED) is 0.509. The first-order chi connectivity index (χ1) is 15.0. The van der Waals surface area contributed by atoms with Gasteiger partial charge in [-0.05, 0) is 90.1 Å². The molecule has 2 aromatic rings. The molecule has 0 radical (unpaired) electrons. The number of nitrogens with one attached hydrogen (secondary N) is 1. The van der Waals surface area contributed by atoms with Gasteiger partial charge in [-0.15, -0.1) is 0 Å². The minimum atomic E-state index is -0.429. The molecule has 5 nitrogen and oxygen atoms in total. The van der Waals surface area contributed by atoms with Gasteiger partial charge in [0, 0.05) is 9.89 Å². The summed E-state index contributed by atoms with van der Waals surface area (Å²) in [6, 6.07) is 7.84. The maximum absolute atomic E-state index is 12.6. The Morgan fingerprint density at radius 2 is 1.97 bits per heavy atom. The van der Waals surface area contributed by atoms with Crippen LogP contribution in [0.4, 0.5) is 5.69 Å². The summed E-state index contributed by atoms with van der Waals surface area (Å²) in [7, 11) is 0. The van der Waals surface area contributed by atoms with Crippen LogP contribution in [-0.4, -0.2) is 35.1 Å². The Balaban J connectivity index is 1.71. The molecule has 1 fully saturated rings. The van der Waals surface area contributed by atoms with Crippen LogP contribution in [0.1, 0.15) is 75.3 Å². The number of aliphatic hydroxyl groups excluding tert-OH is 1. The Bertz CT molecular complexity index is 900. The van der Waals surface area contributed by atoms with Gasteiger partial charge in [0.2, 0.25) is 5.91 Å². The molecule has 1 saturated heterocycles. The van der Waals surface area contributed by atoms with Crippen molar-refractivity contribution in [2.24, 2.45) is 0 Å². The number of nitrogens with zero attached hydrogens (tertiary/aromatic N) is 1. The minimum absolute atomic E-state index is 0.00979. The molecule has 1 aliphatic carbocycles. The Hall–Kier alpha value is -1.63. The van der Waals surface area contributed by atoms with Gasteiger partial charge in [0.1, 0.15) is 5.76 Å². The molecule has 168 valence electrons. The highest BCUT2D eigenvalue weighted by Crippen LogP contribution is 2.54. The second-order valence-corrected chi connectivity index (χ2v) is 9.87. The maximum Gasteiger partial charge on any atom is 0.232 e. The van der Waals surface area contributed by atoms with Gasteiger partial charge >= 0.3 is 0 Å². The van der Waals surface area contributed by atoms with E-state index < -0.39 is 6.10 Å². The fourth-order valence-corrected chi connectivity index (χ4v) is 6.20. The van der Waals surface area contributed by atoms with E-state index in [4.69, 9.17) is 4.42 Å². The van der Waals surface area contributed by atoms with Gasteiger partial charge < -0.3 is 14.8 Å². The van der Waals surface area contributed by atoms with Crippen molar-refractivity contribution in [1.29, 1.82) is 0 Å². The van der Waals surface area contributed by atoms with E-state index in [9.17, 15) is 9.90 Å². The summed E-state index contributed by atoms with van der Waals surface area (Å²) in [6.45, 7) is 6.44. The van der Waals surface area contributed by atoms with Crippen LogP contribution in [0.2, 0.25) is 0 Å². The first kappa shape index (κ1) is 22.6. The molecular weight excluding hydrogens is 456 g/mol. The third-order valence-electron chi connectivity index (χ3n) is 6.97. The smallest absolute Gasteiger partial charge is 0.232 e. The molecule has 6 heteroatoms. The Labute approximate surface area is 193 Å². The van der Waals surface area contributed by atoms with E-state index in [1.807, 2.05) is 0 Å². The summed E-state index contributed by atoms with van der Waals surface area (Å²) in [5.41, 5.74) is 2.95. The highest BCUT2D eigenvalue weighted by molar-refractivity contribution is 9.10. The average molecular weight is 489 g/mol. The molecule has 0 spiro atoms. The number of rotatable bonds is 8. The molecule has 0 saturated carbocycles. The molecule has 2 N–H and O–H groups in total. The lowest BCUT2D eigenvalue weighted by atomic mass is 9.72. The Morgan fingerprint density at radius 1 is 1.26 bits per heavy atom. The van der Waals surface area contributed by atoms with Crippen molar-refractivity contribution in [3.8, 4) is 0 Å². The Kier molecular flexibility index (Phi) is 6.89. The molecule has 2 unspecified atom stereocenters. The molecule has 4 rings (SSSR count). The first-order valence-electron chi connectivity index (χ1n) is 11.6. The summed E-state index contributed by atoms with van der Waals surface area (Å²) < 4.78 is 6.18. The summed E-state index contributed by atoms with van der Waals surface area (Å²) in [4.78, 5) is 15.1. The summed E-state index contributed by atoms with van der Waals surface area (Å²) in [5, 5.41) is 14.8. The van der Waals surface area contributed by atoms with Crippen molar-refractivity contribution in [3.05, 3.63) is 51.9 Å². The topological polar surface area (TPSA) is 65.7 Å². The van der Waals surface area contributed by atoms with Gasteiger partial charge in [-0.25, -0.2) is 0 Å². The molecule has 1 aromatic carbocycles. The van der Waals surface area contributed by atoms with Crippen LogP contribution in [0.25, 0.3) is 0 Å². The lowest BCUT2D eigenvalue weighted by Gasteiger charge is -2.37. The summed E-state index contributed by atoms with van der Waals surface area (Å²) >= 11 is 3.70. The van der Waals surface area contributed by atoms with E-state index in [1.165, 1.54) is 24.0 Å². The van der Waals surface area contributed by atoms with E-state index in [2.05, 4.69) is 52.1 Å². The van der Waals surface area contributed by atoms with Gasteiger partial charge in [-0.2, -0.15) is 0 Å². The van der Waals surface area contributed by atoms with Crippen molar-refractivity contribution in [3.63, 3.8) is 0 Å². The number of amides is 1. The van der Waals surface area contributed by atoms with E-state index in [0.29, 0.717) is 5.76 Å². The number of benzene rings is 1. The van der Waals surface area contributed by atoms with Crippen LogP contribution >= 0.6 is 15.9 Å². The van der Waals surface area contributed by atoms with Crippen molar-refractivity contribution < 1.29 is 14.3 Å². The zero-order valence-electron chi connectivity index (χ0n) is 18.5. The number of hydrogen-bond donors (Lipinski definition) is 2. The lowest BCUT2D eigenvalue weighted by molar-refractivity contribution is -0.115. The predicted octanol–water partition coefficient (Wildman–Crippen LogP) is 5.57. The van der Waals surface area contributed by atoms with E-state index in [0.717, 1.165) is 48.9 Å². The number of likely N-dealkylation sites (tertiary alicyclic amines) is 1. The molecule has 1 aliphatic heterocycles. The number of carbonyl (C=O) groups is 1. The fourth-order valence-electron chi connectivity index (χ4n) is 5.76. The standard InChI is InChI=1S/C25H33BrN2O3/c1-3-9-25(10-4-2)19-16-20(26)21(27-22(29)14-17-8-7-13-31-17)15-18(19)23(24(25)30)28-11-5-6-12-28/h7-8,13,15-16,23-24,30H,3-6,9-12,14H2,1-2H3,(H,27,29). The fraction of sp³-hybridized carbons (Fsp3) is 0.560. The highest BCUT2D eigenvalue weighted by atomic mass is 79.9. The van der Waals surface area contributed by atoms with Gasteiger partial charge in [0.25, 0.3) is 0 Å². The number of carbonyl (C=O) groups excluding carboxylic acids is 1. The normalized spacial score (nSPS) is 22.6. The van der Waals surface area contributed by atoms with Crippen LogP contribution in [-0.2, 0) is 16.6 Å². The number of furan rings is 1. The van der Waals surface area contributed by atoms with Crippen molar-refractivity contribution in [2.75, 3.05) is 18.4 Å².